The van der Waals surface area contributed by atoms with Crippen molar-refractivity contribution in [3.63, 3.8) is 0 Å². The highest BCUT2D eigenvalue weighted by Gasteiger charge is 2.38. The Bertz CT molecular complexity index is 368. The minimum absolute atomic E-state index is 0.0777. The summed E-state index contributed by atoms with van der Waals surface area (Å²) in [5.41, 5.74) is 0.333. The van der Waals surface area contributed by atoms with E-state index in [1.165, 1.54) is 0 Å². The van der Waals surface area contributed by atoms with E-state index in [1.807, 2.05) is 4.90 Å². The van der Waals surface area contributed by atoms with E-state index in [9.17, 15) is 14.7 Å². The lowest BCUT2D eigenvalue weighted by molar-refractivity contribution is -0.137. The standard InChI is InChI=1S/C15H26N2O4/c18-12-3-5-15(6-4-12)7-10-17(11-8-15)14(21)16-9-1-2-13(19)20/h12,18H,1-11H2,(H,16,21)(H,19,20). The van der Waals surface area contributed by atoms with Crippen molar-refractivity contribution in [2.45, 2.75) is 57.5 Å². The number of carboxylic acid groups (broad SMARTS) is 1. The van der Waals surface area contributed by atoms with Crippen molar-refractivity contribution in [2.24, 2.45) is 5.41 Å². The summed E-state index contributed by atoms with van der Waals surface area (Å²) in [4.78, 5) is 24.2. The summed E-state index contributed by atoms with van der Waals surface area (Å²) in [6, 6.07) is -0.0777. The molecule has 0 atom stereocenters. The molecule has 1 saturated heterocycles. The summed E-state index contributed by atoms with van der Waals surface area (Å²) >= 11 is 0. The topological polar surface area (TPSA) is 89.9 Å². The van der Waals surface area contributed by atoms with Crippen LogP contribution >= 0.6 is 0 Å². The molecule has 3 N–H and O–H groups in total. The summed E-state index contributed by atoms with van der Waals surface area (Å²) in [7, 11) is 0. The van der Waals surface area contributed by atoms with Crippen molar-refractivity contribution >= 4 is 12.0 Å². The molecule has 120 valence electrons. The molecule has 6 heteroatoms. The van der Waals surface area contributed by atoms with E-state index in [0.29, 0.717) is 18.4 Å². The lowest BCUT2D eigenvalue weighted by Crippen LogP contribution is -2.48. The van der Waals surface area contributed by atoms with E-state index in [4.69, 9.17) is 5.11 Å². The molecule has 1 heterocycles. The number of aliphatic hydroxyl groups is 1. The van der Waals surface area contributed by atoms with Crippen molar-refractivity contribution in [1.82, 2.24) is 10.2 Å². The second-order valence-corrected chi connectivity index (χ2v) is 6.45. The van der Waals surface area contributed by atoms with Gasteiger partial charge in [-0.3, -0.25) is 4.79 Å². The second-order valence-electron chi connectivity index (χ2n) is 6.45. The quantitative estimate of drug-likeness (QED) is 0.687. The Morgan fingerprint density at radius 1 is 1.14 bits per heavy atom. The number of amides is 2. The number of rotatable bonds is 4. The van der Waals surface area contributed by atoms with Gasteiger partial charge < -0.3 is 20.4 Å². The fraction of sp³-hybridized carbons (Fsp3) is 0.867. The molecular formula is C15H26N2O4. The van der Waals surface area contributed by atoms with Crippen molar-refractivity contribution in [3.05, 3.63) is 0 Å². The van der Waals surface area contributed by atoms with Crippen LogP contribution in [0.25, 0.3) is 0 Å². The smallest absolute Gasteiger partial charge is 0.317 e. The number of carbonyl (C=O) groups is 2. The van der Waals surface area contributed by atoms with Crippen LogP contribution in [0.5, 0.6) is 0 Å². The highest BCUT2D eigenvalue weighted by molar-refractivity contribution is 5.74. The Morgan fingerprint density at radius 2 is 1.76 bits per heavy atom. The first kappa shape index (κ1) is 16.1. The maximum atomic E-state index is 12.0. The predicted molar refractivity (Wildman–Crippen MR) is 78.0 cm³/mol. The Balaban J connectivity index is 1.68. The van der Waals surface area contributed by atoms with Crippen LogP contribution in [0, 0.1) is 5.41 Å². The van der Waals surface area contributed by atoms with Crippen LogP contribution in [-0.4, -0.2) is 52.9 Å². The number of carbonyl (C=O) groups excluding carboxylic acids is 1. The maximum Gasteiger partial charge on any atom is 0.317 e. The van der Waals surface area contributed by atoms with Crippen LogP contribution in [0.2, 0.25) is 0 Å². The first-order valence-electron chi connectivity index (χ1n) is 7.93. The van der Waals surface area contributed by atoms with E-state index in [-0.39, 0.29) is 18.6 Å². The lowest BCUT2D eigenvalue weighted by Gasteiger charge is -2.45. The minimum atomic E-state index is -0.830. The molecule has 1 saturated carbocycles. The molecule has 6 nitrogen and oxygen atoms in total. The van der Waals surface area contributed by atoms with Crippen molar-refractivity contribution in [2.75, 3.05) is 19.6 Å². The largest absolute Gasteiger partial charge is 0.481 e. The van der Waals surface area contributed by atoms with Gasteiger partial charge in [0, 0.05) is 26.1 Å². The van der Waals surface area contributed by atoms with Crippen molar-refractivity contribution in [1.29, 1.82) is 0 Å². The van der Waals surface area contributed by atoms with E-state index in [2.05, 4.69) is 5.32 Å². The molecule has 2 amide bonds. The zero-order valence-electron chi connectivity index (χ0n) is 12.5. The van der Waals surface area contributed by atoms with Crippen LogP contribution in [-0.2, 0) is 4.79 Å². The number of likely N-dealkylation sites (tertiary alicyclic amines) is 1. The van der Waals surface area contributed by atoms with Gasteiger partial charge in [-0.15, -0.1) is 0 Å². The summed E-state index contributed by atoms with van der Waals surface area (Å²) in [6.45, 7) is 1.95. The van der Waals surface area contributed by atoms with Crippen molar-refractivity contribution < 1.29 is 19.8 Å². The van der Waals surface area contributed by atoms with Gasteiger partial charge in [0.15, 0.2) is 0 Å². The maximum absolute atomic E-state index is 12.0. The van der Waals surface area contributed by atoms with Crippen LogP contribution < -0.4 is 5.32 Å². The zero-order chi connectivity index (χ0) is 15.3. The number of aliphatic carboxylic acids is 1. The van der Waals surface area contributed by atoms with Crippen molar-refractivity contribution in [3.8, 4) is 0 Å². The van der Waals surface area contributed by atoms with Gasteiger partial charge in [0.1, 0.15) is 0 Å². The highest BCUT2D eigenvalue weighted by atomic mass is 16.4. The van der Waals surface area contributed by atoms with E-state index < -0.39 is 5.97 Å². The SMILES string of the molecule is O=C(O)CCCNC(=O)N1CCC2(CCC(O)CC2)CC1. The van der Waals surface area contributed by atoms with Gasteiger partial charge in [-0.05, 0) is 50.4 Å². The average Bonchev–Trinajstić information content (AvgIpc) is 2.47. The second kappa shape index (κ2) is 7.11. The Labute approximate surface area is 125 Å². The molecule has 1 aliphatic carbocycles. The number of nitrogens with one attached hydrogen (secondary N) is 1. The van der Waals surface area contributed by atoms with Gasteiger partial charge in [-0.1, -0.05) is 0 Å². The molecule has 2 fully saturated rings. The van der Waals surface area contributed by atoms with E-state index in [1.54, 1.807) is 0 Å². The summed E-state index contributed by atoms with van der Waals surface area (Å²) in [5, 5.41) is 20.9. The third kappa shape index (κ3) is 4.59. The van der Waals surface area contributed by atoms with Gasteiger partial charge in [-0.25, -0.2) is 4.79 Å². The number of hydrogen-bond acceptors (Lipinski definition) is 3. The molecule has 1 aliphatic heterocycles. The molecule has 21 heavy (non-hydrogen) atoms. The average molecular weight is 298 g/mol. The summed E-state index contributed by atoms with van der Waals surface area (Å²) < 4.78 is 0. The molecule has 0 unspecified atom stereocenters. The molecule has 0 aromatic carbocycles. The molecule has 2 rings (SSSR count). The van der Waals surface area contributed by atoms with Gasteiger partial charge in [0.05, 0.1) is 6.10 Å². The summed E-state index contributed by atoms with van der Waals surface area (Å²) in [6.07, 6.45) is 6.38. The van der Waals surface area contributed by atoms with Gasteiger partial charge >= 0.3 is 12.0 Å². The zero-order valence-corrected chi connectivity index (χ0v) is 12.5. The molecule has 1 spiro atoms. The lowest BCUT2D eigenvalue weighted by atomic mass is 9.67. The third-order valence-electron chi connectivity index (χ3n) is 4.97. The number of piperidine rings is 1. The normalized spacial score (nSPS) is 22.2. The first-order chi connectivity index (χ1) is 10.0. The Hall–Kier alpha value is -1.30. The van der Waals surface area contributed by atoms with Crippen LogP contribution in [0.3, 0.4) is 0 Å². The van der Waals surface area contributed by atoms with Crippen LogP contribution in [0.1, 0.15) is 51.4 Å². The van der Waals surface area contributed by atoms with Gasteiger partial charge in [0.25, 0.3) is 0 Å². The number of aliphatic hydroxyl groups excluding tert-OH is 1. The number of hydrogen-bond donors (Lipinski definition) is 3. The van der Waals surface area contributed by atoms with Gasteiger partial charge in [-0.2, -0.15) is 0 Å². The fourth-order valence-electron chi connectivity index (χ4n) is 3.45. The summed E-state index contributed by atoms with van der Waals surface area (Å²) in [5.74, 6) is -0.830. The molecule has 0 bridgehead atoms. The first-order valence-corrected chi connectivity index (χ1v) is 7.93. The molecule has 0 aromatic heterocycles. The van der Waals surface area contributed by atoms with Gasteiger partial charge in [0.2, 0.25) is 0 Å². The minimum Gasteiger partial charge on any atom is -0.481 e. The fourth-order valence-corrected chi connectivity index (χ4v) is 3.45. The number of nitrogens with zero attached hydrogens (tertiary/aromatic N) is 1. The Kier molecular flexibility index (Phi) is 5.45. The Morgan fingerprint density at radius 3 is 2.33 bits per heavy atom. The molecule has 0 radical (unpaired) electrons. The predicted octanol–water partition coefficient (Wildman–Crippen LogP) is 1.58. The monoisotopic (exact) mass is 298 g/mol. The number of urea groups is 1. The number of carboxylic acids is 1. The molecule has 0 aromatic rings. The molecular weight excluding hydrogens is 272 g/mol. The highest BCUT2D eigenvalue weighted by Crippen LogP contribution is 2.44. The van der Waals surface area contributed by atoms with Crippen LogP contribution in [0.15, 0.2) is 0 Å². The van der Waals surface area contributed by atoms with Crippen LogP contribution in [0.4, 0.5) is 4.79 Å². The van der Waals surface area contributed by atoms with E-state index >= 15 is 0 Å². The van der Waals surface area contributed by atoms with E-state index in [0.717, 1.165) is 51.6 Å². The third-order valence-corrected chi connectivity index (χ3v) is 4.97. The molecule has 2 aliphatic rings.